The molecule has 2 rings (SSSR count). The van der Waals surface area contributed by atoms with Gasteiger partial charge in [-0.15, -0.1) is 0 Å². The van der Waals surface area contributed by atoms with Crippen molar-refractivity contribution in [2.75, 3.05) is 11.9 Å². The van der Waals surface area contributed by atoms with Crippen molar-refractivity contribution < 1.29 is 14.6 Å². The molecule has 0 bridgehead atoms. The molecule has 1 aliphatic rings. The van der Waals surface area contributed by atoms with E-state index in [0.29, 0.717) is 12.2 Å². The second kappa shape index (κ2) is 5.21. The fraction of sp³-hybridized carbons (Fsp3) is 0.533. The van der Waals surface area contributed by atoms with Crippen molar-refractivity contribution in [3.8, 4) is 5.75 Å². The van der Waals surface area contributed by atoms with Crippen molar-refractivity contribution in [1.29, 1.82) is 0 Å². The van der Waals surface area contributed by atoms with Crippen LogP contribution in [0.4, 0.5) is 5.69 Å². The van der Waals surface area contributed by atoms with Gasteiger partial charge in [0.25, 0.3) is 0 Å². The number of aliphatic hydroxyl groups is 1. The van der Waals surface area contributed by atoms with Crippen molar-refractivity contribution in [1.82, 2.24) is 0 Å². The van der Waals surface area contributed by atoms with Gasteiger partial charge in [0.2, 0.25) is 5.91 Å². The van der Waals surface area contributed by atoms with Crippen LogP contribution < -0.4 is 10.1 Å². The maximum atomic E-state index is 11.4. The molecule has 2 N–H and O–H groups in total. The van der Waals surface area contributed by atoms with Gasteiger partial charge in [0.05, 0.1) is 5.60 Å². The van der Waals surface area contributed by atoms with E-state index in [0.717, 1.165) is 17.7 Å². The standard InChI is InChI=1S/C15H21NO3/c1-10(2)15(3,18)9-19-12-6-4-11-5-7-14(17)16-13(11)8-12/h4,6,8,10,18H,5,7,9H2,1-3H3,(H,16,17). The molecule has 4 heteroatoms. The number of carbonyl (C=O) groups excluding carboxylic acids is 1. The summed E-state index contributed by atoms with van der Waals surface area (Å²) >= 11 is 0. The van der Waals surface area contributed by atoms with E-state index in [1.807, 2.05) is 32.0 Å². The van der Waals surface area contributed by atoms with Gasteiger partial charge >= 0.3 is 0 Å². The molecule has 0 fully saturated rings. The van der Waals surface area contributed by atoms with E-state index in [1.165, 1.54) is 0 Å². The monoisotopic (exact) mass is 263 g/mol. The first-order valence-electron chi connectivity index (χ1n) is 6.66. The molecule has 1 unspecified atom stereocenters. The molecular formula is C15H21NO3. The third kappa shape index (κ3) is 3.26. The van der Waals surface area contributed by atoms with Crippen LogP contribution in [-0.2, 0) is 11.2 Å². The summed E-state index contributed by atoms with van der Waals surface area (Å²) in [6.45, 7) is 5.90. The summed E-state index contributed by atoms with van der Waals surface area (Å²) in [5.74, 6) is 0.825. The van der Waals surface area contributed by atoms with E-state index in [1.54, 1.807) is 6.92 Å². The summed E-state index contributed by atoms with van der Waals surface area (Å²) in [5, 5.41) is 13.0. The molecular weight excluding hydrogens is 242 g/mol. The van der Waals surface area contributed by atoms with Gasteiger partial charge in [-0.2, -0.15) is 0 Å². The average Bonchev–Trinajstić information content (AvgIpc) is 2.35. The summed E-state index contributed by atoms with van der Waals surface area (Å²) in [7, 11) is 0. The molecule has 1 amide bonds. The fourth-order valence-corrected chi connectivity index (χ4v) is 1.84. The number of ether oxygens (including phenoxy) is 1. The second-order valence-corrected chi connectivity index (χ2v) is 5.67. The minimum atomic E-state index is -0.862. The Balaban J connectivity index is 2.06. The highest BCUT2D eigenvalue weighted by Crippen LogP contribution is 2.28. The van der Waals surface area contributed by atoms with Crippen LogP contribution in [0.2, 0.25) is 0 Å². The van der Waals surface area contributed by atoms with Gasteiger partial charge in [-0.1, -0.05) is 19.9 Å². The van der Waals surface area contributed by atoms with Crippen molar-refractivity contribution >= 4 is 11.6 Å². The van der Waals surface area contributed by atoms with E-state index in [4.69, 9.17) is 4.74 Å². The van der Waals surface area contributed by atoms with Crippen LogP contribution in [0.3, 0.4) is 0 Å². The van der Waals surface area contributed by atoms with Crippen LogP contribution in [-0.4, -0.2) is 23.2 Å². The molecule has 4 nitrogen and oxygen atoms in total. The maximum Gasteiger partial charge on any atom is 0.224 e. The van der Waals surface area contributed by atoms with Crippen LogP contribution in [0, 0.1) is 5.92 Å². The Labute approximate surface area is 113 Å². The quantitative estimate of drug-likeness (QED) is 0.876. The first-order valence-corrected chi connectivity index (χ1v) is 6.66. The second-order valence-electron chi connectivity index (χ2n) is 5.67. The Morgan fingerprint density at radius 1 is 1.42 bits per heavy atom. The van der Waals surface area contributed by atoms with Crippen LogP contribution in [0.5, 0.6) is 5.75 Å². The summed E-state index contributed by atoms with van der Waals surface area (Å²) in [4.78, 5) is 11.4. The van der Waals surface area contributed by atoms with Crippen molar-refractivity contribution in [2.45, 2.75) is 39.2 Å². The summed E-state index contributed by atoms with van der Waals surface area (Å²) in [5.41, 5.74) is 1.08. The third-order valence-corrected chi connectivity index (χ3v) is 3.75. The zero-order valence-corrected chi connectivity index (χ0v) is 11.7. The molecule has 1 aromatic rings. The van der Waals surface area contributed by atoms with E-state index >= 15 is 0 Å². The Bertz CT molecular complexity index is 480. The lowest BCUT2D eigenvalue weighted by atomic mass is 9.94. The lowest BCUT2D eigenvalue weighted by molar-refractivity contribution is -0.116. The first kappa shape index (κ1) is 13.9. The number of rotatable bonds is 4. The third-order valence-electron chi connectivity index (χ3n) is 3.75. The fourth-order valence-electron chi connectivity index (χ4n) is 1.84. The SMILES string of the molecule is CC(C)C(C)(O)COc1ccc2c(c1)NC(=O)CC2. The predicted molar refractivity (Wildman–Crippen MR) is 74.3 cm³/mol. The minimum Gasteiger partial charge on any atom is -0.491 e. The van der Waals surface area contributed by atoms with Crippen molar-refractivity contribution in [3.05, 3.63) is 23.8 Å². The summed E-state index contributed by atoms with van der Waals surface area (Å²) in [6, 6.07) is 5.67. The average molecular weight is 263 g/mol. The normalized spacial score (nSPS) is 17.6. The highest BCUT2D eigenvalue weighted by atomic mass is 16.5. The van der Waals surface area contributed by atoms with Gasteiger partial charge in [-0.3, -0.25) is 4.79 Å². The Kier molecular flexibility index (Phi) is 3.80. The Hall–Kier alpha value is -1.55. The van der Waals surface area contributed by atoms with Gasteiger partial charge in [-0.25, -0.2) is 0 Å². The molecule has 1 atom stereocenters. The molecule has 1 aliphatic heterocycles. The number of nitrogens with one attached hydrogen (secondary N) is 1. The highest BCUT2D eigenvalue weighted by Gasteiger charge is 2.26. The molecule has 19 heavy (non-hydrogen) atoms. The smallest absolute Gasteiger partial charge is 0.224 e. The molecule has 0 spiro atoms. The van der Waals surface area contributed by atoms with E-state index in [9.17, 15) is 9.90 Å². The number of anilines is 1. The summed E-state index contributed by atoms with van der Waals surface area (Å²) < 4.78 is 5.63. The highest BCUT2D eigenvalue weighted by molar-refractivity contribution is 5.94. The van der Waals surface area contributed by atoms with E-state index < -0.39 is 5.60 Å². The van der Waals surface area contributed by atoms with Crippen LogP contribution in [0.1, 0.15) is 32.8 Å². The first-order chi connectivity index (χ1) is 8.88. The number of hydrogen-bond acceptors (Lipinski definition) is 3. The number of amides is 1. The van der Waals surface area contributed by atoms with E-state index in [-0.39, 0.29) is 18.4 Å². The Morgan fingerprint density at radius 3 is 2.84 bits per heavy atom. The van der Waals surface area contributed by atoms with Crippen molar-refractivity contribution in [2.24, 2.45) is 5.92 Å². The Morgan fingerprint density at radius 2 is 2.16 bits per heavy atom. The van der Waals surface area contributed by atoms with Gasteiger partial charge in [0.1, 0.15) is 12.4 Å². The molecule has 0 aromatic heterocycles. The van der Waals surface area contributed by atoms with Crippen LogP contribution in [0.15, 0.2) is 18.2 Å². The minimum absolute atomic E-state index is 0.0406. The zero-order valence-electron chi connectivity index (χ0n) is 11.7. The van der Waals surface area contributed by atoms with Gasteiger partial charge in [0.15, 0.2) is 0 Å². The number of hydrogen-bond donors (Lipinski definition) is 2. The lowest BCUT2D eigenvalue weighted by Gasteiger charge is -2.27. The van der Waals surface area contributed by atoms with Gasteiger partial charge in [-0.05, 0) is 30.9 Å². The number of benzene rings is 1. The predicted octanol–water partition coefficient (Wildman–Crippen LogP) is 2.36. The number of aryl methyl sites for hydroxylation is 1. The topological polar surface area (TPSA) is 58.6 Å². The number of fused-ring (bicyclic) bond motifs is 1. The van der Waals surface area contributed by atoms with Crippen molar-refractivity contribution in [3.63, 3.8) is 0 Å². The number of carbonyl (C=O) groups is 1. The zero-order chi connectivity index (χ0) is 14.0. The summed E-state index contributed by atoms with van der Waals surface area (Å²) in [6.07, 6.45) is 1.31. The molecule has 104 valence electrons. The van der Waals surface area contributed by atoms with Crippen LogP contribution in [0.25, 0.3) is 0 Å². The molecule has 0 aliphatic carbocycles. The molecule has 0 saturated heterocycles. The molecule has 0 radical (unpaired) electrons. The van der Waals surface area contributed by atoms with E-state index in [2.05, 4.69) is 5.32 Å². The molecule has 1 aromatic carbocycles. The maximum absolute atomic E-state index is 11.4. The van der Waals surface area contributed by atoms with Crippen LogP contribution >= 0.6 is 0 Å². The molecule has 0 saturated carbocycles. The molecule has 1 heterocycles. The largest absolute Gasteiger partial charge is 0.491 e. The van der Waals surface area contributed by atoms with Gasteiger partial charge in [0, 0.05) is 18.2 Å². The van der Waals surface area contributed by atoms with Gasteiger partial charge < -0.3 is 15.2 Å². The lowest BCUT2D eigenvalue weighted by Crippen LogP contribution is -2.37.